The molecular weight excluding hydrogens is 210 g/mol. The van der Waals surface area contributed by atoms with Crippen LogP contribution in [0.1, 0.15) is 33.6 Å². The number of nitrogens with zero attached hydrogens (tertiary/aromatic N) is 1. The highest BCUT2D eigenvalue weighted by Gasteiger charge is 2.65. The van der Waals surface area contributed by atoms with Crippen LogP contribution in [-0.4, -0.2) is 33.3 Å². The lowest BCUT2D eigenvalue weighted by Gasteiger charge is -2.49. The molecule has 90 valence electrons. The fraction of sp³-hybridized carbons (Fsp3) is 0.818. The van der Waals surface area contributed by atoms with Gasteiger partial charge in [0.05, 0.1) is 5.41 Å². The number of amides is 1. The number of fused-ring (bicyclic) bond motifs is 2. The van der Waals surface area contributed by atoms with Gasteiger partial charge in [-0.1, -0.05) is 20.8 Å². The molecule has 0 aromatic heterocycles. The van der Waals surface area contributed by atoms with E-state index in [1.54, 1.807) is 0 Å². The lowest BCUT2D eigenvalue weighted by atomic mass is 9.61. The molecule has 0 unspecified atom stereocenters. The van der Waals surface area contributed by atoms with Gasteiger partial charge < -0.3 is 5.11 Å². The first-order chi connectivity index (χ1) is 7.23. The molecule has 5 nitrogen and oxygen atoms in total. The van der Waals surface area contributed by atoms with E-state index in [4.69, 9.17) is 5.11 Å². The molecule has 1 saturated carbocycles. The van der Waals surface area contributed by atoms with Crippen molar-refractivity contribution in [3.05, 3.63) is 0 Å². The zero-order valence-electron chi connectivity index (χ0n) is 9.73. The zero-order chi connectivity index (χ0) is 12.3. The molecule has 2 fully saturated rings. The second kappa shape index (κ2) is 2.97. The molecule has 1 saturated heterocycles. The van der Waals surface area contributed by atoms with E-state index in [0.29, 0.717) is 17.9 Å². The topological polar surface area (TPSA) is 77.8 Å². The Balaban J connectivity index is 2.52. The molecule has 2 N–H and O–H groups in total. The minimum absolute atomic E-state index is 0.183. The SMILES string of the molecule is CC1(C)[C@@H]2CC[C@@]1(C)C(=O)N(O)[C@@H]2C(=O)O. The molecule has 0 spiro atoms. The molecule has 2 rings (SSSR count). The van der Waals surface area contributed by atoms with Gasteiger partial charge >= 0.3 is 5.97 Å². The molecule has 1 aliphatic carbocycles. The van der Waals surface area contributed by atoms with Crippen LogP contribution in [0.5, 0.6) is 0 Å². The summed E-state index contributed by atoms with van der Waals surface area (Å²) in [5.74, 6) is -1.77. The average molecular weight is 227 g/mol. The summed E-state index contributed by atoms with van der Waals surface area (Å²) in [4.78, 5) is 23.2. The second-order valence-electron chi connectivity index (χ2n) is 5.63. The Morgan fingerprint density at radius 1 is 1.44 bits per heavy atom. The molecule has 5 heteroatoms. The monoisotopic (exact) mass is 227 g/mol. The summed E-state index contributed by atoms with van der Waals surface area (Å²) in [6, 6.07) is -1.10. The number of aliphatic carboxylic acids is 1. The Bertz CT molecular complexity index is 365. The smallest absolute Gasteiger partial charge is 0.329 e. The maximum absolute atomic E-state index is 12.0. The Hall–Kier alpha value is -1.10. The molecule has 3 atom stereocenters. The van der Waals surface area contributed by atoms with Crippen molar-refractivity contribution in [2.75, 3.05) is 0 Å². The van der Waals surface area contributed by atoms with Crippen LogP contribution < -0.4 is 0 Å². The summed E-state index contributed by atoms with van der Waals surface area (Å²) in [5.41, 5.74) is -1.02. The number of piperidine rings is 1. The van der Waals surface area contributed by atoms with Crippen molar-refractivity contribution in [3.8, 4) is 0 Å². The minimum atomic E-state index is -1.13. The maximum Gasteiger partial charge on any atom is 0.329 e. The van der Waals surface area contributed by atoms with Gasteiger partial charge in [0.25, 0.3) is 5.91 Å². The van der Waals surface area contributed by atoms with Crippen molar-refractivity contribution in [2.45, 2.75) is 39.7 Å². The number of hydroxylamine groups is 2. The first kappa shape index (κ1) is 11.4. The van der Waals surface area contributed by atoms with Crippen LogP contribution in [0.3, 0.4) is 0 Å². The molecule has 2 aliphatic rings. The number of carbonyl (C=O) groups excluding carboxylic acids is 1. The summed E-state index contributed by atoms with van der Waals surface area (Å²) < 4.78 is 0. The summed E-state index contributed by atoms with van der Waals surface area (Å²) >= 11 is 0. The highest BCUT2D eigenvalue weighted by Crippen LogP contribution is 2.61. The van der Waals surface area contributed by atoms with Crippen LogP contribution >= 0.6 is 0 Å². The van der Waals surface area contributed by atoms with E-state index >= 15 is 0 Å². The molecule has 1 amide bonds. The van der Waals surface area contributed by atoms with E-state index in [9.17, 15) is 14.8 Å². The van der Waals surface area contributed by atoms with Gasteiger partial charge in [0, 0.05) is 0 Å². The predicted octanol–water partition coefficient (Wildman–Crippen LogP) is 1.11. The second-order valence-corrected chi connectivity index (χ2v) is 5.63. The third-order valence-corrected chi connectivity index (χ3v) is 4.88. The van der Waals surface area contributed by atoms with Crippen molar-refractivity contribution in [2.24, 2.45) is 16.7 Å². The number of rotatable bonds is 1. The van der Waals surface area contributed by atoms with Gasteiger partial charge in [-0.05, 0) is 24.2 Å². The molecule has 1 aliphatic heterocycles. The van der Waals surface area contributed by atoms with Crippen LogP contribution in [0, 0.1) is 16.7 Å². The first-order valence-corrected chi connectivity index (χ1v) is 5.49. The summed E-state index contributed by atoms with van der Waals surface area (Å²) in [7, 11) is 0. The van der Waals surface area contributed by atoms with Gasteiger partial charge in [-0.2, -0.15) is 0 Å². The Morgan fingerprint density at radius 3 is 2.50 bits per heavy atom. The Kier molecular flexibility index (Phi) is 2.11. The normalized spacial score (nSPS) is 41.2. The van der Waals surface area contributed by atoms with Crippen molar-refractivity contribution < 1.29 is 19.9 Å². The summed E-state index contributed by atoms with van der Waals surface area (Å²) in [6.07, 6.45) is 1.31. The van der Waals surface area contributed by atoms with E-state index in [0.717, 1.165) is 0 Å². The van der Waals surface area contributed by atoms with Crippen LogP contribution in [-0.2, 0) is 9.59 Å². The molecule has 0 aromatic rings. The number of carboxylic acid groups (broad SMARTS) is 1. The molecule has 2 bridgehead atoms. The van der Waals surface area contributed by atoms with Crippen molar-refractivity contribution in [1.82, 2.24) is 5.06 Å². The first-order valence-electron chi connectivity index (χ1n) is 5.49. The minimum Gasteiger partial charge on any atom is -0.480 e. The summed E-state index contributed by atoms with van der Waals surface area (Å²) in [6.45, 7) is 5.66. The number of carbonyl (C=O) groups is 2. The third kappa shape index (κ3) is 1.04. The highest BCUT2D eigenvalue weighted by atomic mass is 16.5. The molecule has 0 aromatic carbocycles. The third-order valence-electron chi connectivity index (χ3n) is 4.88. The number of hydrogen-bond donors (Lipinski definition) is 2. The van der Waals surface area contributed by atoms with E-state index in [2.05, 4.69) is 0 Å². The van der Waals surface area contributed by atoms with Gasteiger partial charge in [0.2, 0.25) is 0 Å². The van der Waals surface area contributed by atoms with E-state index in [-0.39, 0.29) is 11.3 Å². The summed E-state index contributed by atoms with van der Waals surface area (Å²) in [5, 5.41) is 19.2. The van der Waals surface area contributed by atoms with E-state index in [1.807, 2.05) is 20.8 Å². The van der Waals surface area contributed by atoms with Gasteiger partial charge in [-0.15, -0.1) is 0 Å². The van der Waals surface area contributed by atoms with Gasteiger partial charge in [-0.25, -0.2) is 9.86 Å². The molecular formula is C11H17NO4. The van der Waals surface area contributed by atoms with Gasteiger partial charge in [0.1, 0.15) is 0 Å². The van der Waals surface area contributed by atoms with Gasteiger partial charge in [0.15, 0.2) is 6.04 Å². The predicted molar refractivity (Wildman–Crippen MR) is 54.7 cm³/mol. The van der Waals surface area contributed by atoms with Crippen molar-refractivity contribution >= 4 is 11.9 Å². The highest BCUT2D eigenvalue weighted by molar-refractivity contribution is 5.89. The van der Waals surface area contributed by atoms with Crippen LogP contribution in [0.2, 0.25) is 0 Å². The lowest BCUT2D eigenvalue weighted by Crippen LogP contribution is -2.62. The average Bonchev–Trinajstić information content (AvgIpc) is 2.33. The zero-order valence-corrected chi connectivity index (χ0v) is 9.73. The quantitative estimate of drug-likeness (QED) is 0.658. The standard InChI is InChI=1S/C11H17NO4/c1-10(2)6-4-5-11(10,3)9(15)12(16)7(6)8(13)14/h6-7,16H,4-5H2,1-3H3,(H,13,14)/t6-,7+,11+/m1/s1. The van der Waals surface area contributed by atoms with Gasteiger partial charge in [-0.3, -0.25) is 10.0 Å². The van der Waals surface area contributed by atoms with Crippen molar-refractivity contribution in [3.63, 3.8) is 0 Å². The number of hydrogen-bond acceptors (Lipinski definition) is 3. The number of carboxylic acids is 1. The van der Waals surface area contributed by atoms with Crippen molar-refractivity contribution in [1.29, 1.82) is 0 Å². The van der Waals surface area contributed by atoms with Crippen LogP contribution in [0.15, 0.2) is 0 Å². The molecule has 16 heavy (non-hydrogen) atoms. The Morgan fingerprint density at radius 2 is 2.00 bits per heavy atom. The van der Waals surface area contributed by atoms with E-state index in [1.165, 1.54) is 0 Å². The fourth-order valence-corrected chi connectivity index (χ4v) is 3.30. The van der Waals surface area contributed by atoms with Crippen LogP contribution in [0.25, 0.3) is 0 Å². The molecule has 0 radical (unpaired) electrons. The van der Waals surface area contributed by atoms with E-state index < -0.39 is 23.3 Å². The lowest BCUT2D eigenvalue weighted by molar-refractivity contribution is -0.220. The maximum atomic E-state index is 12.0. The molecule has 1 heterocycles. The largest absolute Gasteiger partial charge is 0.480 e. The Labute approximate surface area is 94.0 Å². The fourth-order valence-electron chi connectivity index (χ4n) is 3.30. The van der Waals surface area contributed by atoms with Crippen LogP contribution in [0.4, 0.5) is 0 Å².